The molecule has 0 aliphatic carbocycles. The van der Waals surface area contributed by atoms with Gasteiger partial charge in [-0.1, -0.05) is 24.3 Å². The van der Waals surface area contributed by atoms with E-state index in [1.807, 2.05) is 36.5 Å². The lowest BCUT2D eigenvalue weighted by Gasteiger charge is -2.04. The van der Waals surface area contributed by atoms with Crippen molar-refractivity contribution in [1.82, 2.24) is 9.71 Å². The van der Waals surface area contributed by atoms with Crippen LogP contribution in [0.1, 0.15) is 0 Å². The number of rotatable bonds is 0. The minimum atomic E-state index is 0.806. The number of fused-ring (bicyclic) bond motifs is 5. The van der Waals surface area contributed by atoms with Gasteiger partial charge in [0.05, 0.1) is 11.0 Å². The van der Waals surface area contributed by atoms with Gasteiger partial charge in [0, 0.05) is 28.6 Å². The lowest BCUT2D eigenvalue weighted by molar-refractivity contribution is 0.200. The van der Waals surface area contributed by atoms with Crippen LogP contribution in [0.2, 0.25) is 0 Å². The topological polar surface area (TPSA) is 38.0 Å². The van der Waals surface area contributed by atoms with E-state index in [9.17, 15) is 5.21 Å². The third kappa shape index (κ3) is 1.10. The predicted octanol–water partition coefficient (Wildman–Crippen LogP) is 3.58. The minimum absolute atomic E-state index is 0.806. The van der Waals surface area contributed by atoms with Crippen molar-refractivity contribution in [3.05, 3.63) is 54.9 Å². The highest BCUT2D eigenvalue weighted by atomic mass is 16.5. The third-order valence-corrected chi connectivity index (χ3v) is 3.40. The Bertz CT molecular complexity index is 893. The molecule has 0 unspecified atom stereocenters. The van der Waals surface area contributed by atoms with Crippen molar-refractivity contribution < 1.29 is 5.21 Å². The van der Waals surface area contributed by atoms with Gasteiger partial charge < -0.3 is 5.21 Å². The van der Waals surface area contributed by atoms with Crippen LogP contribution in [-0.2, 0) is 0 Å². The van der Waals surface area contributed by atoms with Gasteiger partial charge in [0.1, 0.15) is 0 Å². The number of nitrogens with zero attached hydrogens (tertiary/aromatic N) is 2. The zero-order valence-electron chi connectivity index (χ0n) is 9.54. The molecule has 3 heteroatoms. The molecule has 0 saturated carbocycles. The van der Waals surface area contributed by atoms with Crippen LogP contribution in [0.15, 0.2) is 54.9 Å². The Morgan fingerprint density at radius 3 is 2.78 bits per heavy atom. The number of pyridine rings is 1. The van der Waals surface area contributed by atoms with E-state index in [1.54, 1.807) is 6.20 Å². The second kappa shape index (κ2) is 3.23. The minimum Gasteiger partial charge on any atom is -0.428 e. The molecule has 0 spiro atoms. The van der Waals surface area contributed by atoms with E-state index in [2.05, 4.69) is 17.1 Å². The standard InChI is InChI=1S/C15H10N2O/c18-17-8-7-12-14(17)6-5-13-15(12)11-4-2-1-3-10(11)9-16-13/h1-9,18H. The second-order valence-corrected chi connectivity index (χ2v) is 4.40. The molecule has 0 fully saturated rings. The predicted molar refractivity (Wildman–Crippen MR) is 71.9 cm³/mol. The number of hydrogen-bond acceptors (Lipinski definition) is 2. The number of benzene rings is 2. The highest BCUT2D eigenvalue weighted by molar-refractivity contribution is 6.18. The van der Waals surface area contributed by atoms with E-state index in [-0.39, 0.29) is 0 Å². The highest BCUT2D eigenvalue weighted by Gasteiger charge is 2.08. The van der Waals surface area contributed by atoms with Gasteiger partial charge in [0.25, 0.3) is 0 Å². The maximum atomic E-state index is 9.74. The SMILES string of the molecule is On1ccc2c3c(ccc21)ncc1ccccc13. The lowest BCUT2D eigenvalue weighted by Crippen LogP contribution is -1.87. The Balaban J connectivity index is 2.38. The average Bonchev–Trinajstić information content (AvgIpc) is 2.80. The van der Waals surface area contributed by atoms with Crippen molar-refractivity contribution >= 4 is 32.6 Å². The van der Waals surface area contributed by atoms with Crippen LogP contribution in [0, 0.1) is 0 Å². The summed E-state index contributed by atoms with van der Waals surface area (Å²) in [5.74, 6) is 0. The molecule has 86 valence electrons. The summed E-state index contributed by atoms with van der Waals surface area (Å²) >= 11 is 0. The first-order valence-corrected chi connectivity index (χ1v) is 5.81. The Morgan fingerprint density at radius 1 is 0.944 bits per heavy atom. The summed E-state index contributed by atoms with van der Waals surface area (Å²) in [6.45, 7) is 0. The fourth-order valence-corrected chi connectivity index (χ4v) is 2.56. The van der Waals surface area contributed by atoms with Crippen LogP contribution in [0.3, 0.4) is 0 Å². The Kier molecular flexibility index (Phi) is 1.70. The zero-order valence-corrected chi connectivity index (χ0v) is 9.54. The first-order chi connectivity index (χ1) is 8.84. The fraction of sp³-hybridized carbons (Fsp3) is 0. The summed E-state index contributed by atoms with van der Waals surface area (Å²) in [5, 5.41) is 14.1. The normalized spacial score (nSPS) is 11.6. The maximum absolute atomic E-state index is 9.74. The molecule has 4 rings (SSSR count). The molecule has 0 atom stereocenters. The Morgan fingerprint density at radius 2 is 1.83 bits per heavy atom. The van der Waals surface area contributed by atoms with Crippen LogP contribution >= 0.6 is 0 Å². The van der Waals surface area contributed by atoms with Gasteiger partial charge in [-0.25, -0.2) is 0 Å². The molecule has 0 aliphatic heterocycles. The maximum Gasteiger partial charge on any atom is 0.0873 e. The second-order valence-electron chi connectivity index (χ2n) is 4.40. The largest absolute Gasteiger partial charge is 0.428 e. The molecule has 2 aromatic carbocycles. The van der Waals surface area contributed by atoms with Gasteiger partial charge in [-0.2, -0.15) is 4.73 Å². The monoisotopic (exact) mass is 234 g/mol. The van der Waals surface area contributed by atoms with E-state index in [0.717, 1.165) is 31.9 Å². The molecular formula is C15H10N2O. The Labute approximate surface area is 103 Å². The molecule has 0 bridgehead atoms. The van der Waals surface area contributed by atoms with Gasteiger partial charge >= 0.3 is 0 Å². The molecule has 2 heterocycles. The summed E-state index contributed by atoms with van der Waals surface area (Å²) in [6, 6.07) is 13.9. The van der Waals surface area contributed by atoms with Crippen molar-refractivity contribution in [2.75, 3.05) is 0 Å². The van der Waals surface area contributed by atoms with Crippen molar-refractivity contribution in [2.24, 2.45) is 0 Å². The molecule has 1 N–H and O–H groups in total. The molecule has 0 amide bonds. The number of aromatic nitrogens is 2. The van der Waals surface area contributed by atoms with Crippen LogP contribution in [0.4, 0.5) is 0 Å². The summed E-state index contributed by atoms with van der Waals surface area (Å²) in [7, 11) is 0. The van der Waals surface area contributed by atoms with Gasteiger partial charge in [-0.3, -0.25) is 4.98 Å². The van der Waals surface area contributed by atoms with Crippen LogP contribution in [0.5, 0.6) is 0 Å². The van der Waals surface area contributed by atoms with Gasteiger partial charge in [0.2, 0.25) is 0 Å². The molecular weight excluding hydrogens is 224 g/mol. The molecule has 0 aliphatic rings. The van der Waals surface area contributed by atoms with E-state index >= 15 is 0 Å². The zero-order chi connectivity index (χ0) is 12.1. The molecule has 0 radical (unpaired) electrons. The van der Waals surface area contributed by atoms with Crippen molar-refractivity contribution in [1.29, 1.82) is 0 Å². The van der Waals surface area contributed by atoms with E-state index in [4.69, 9.17) is 0 Å². The first kappa shape index (κ1) is 9.48. The van der Waals surface area contributed by atoms with Crippen molar-refractivity contribution in [3.63, 3.8) is 0 Å². The average molecular weight is 234 g/mol. The molecule has 4 aromatic rings. The molecule has 0 saturated heterocycles. The van der Waals surface area contributed by atoms with Crippen molar-refractivity contribution in [3.8, 4) is 0 Å². The smallest absolute Gasteiger partial charge is 0.0873 e. The van der Waals surface area contributed by atoms with Crippen LogP contribution in [-0.4, -0.2) is 14.9 Å². The summed E-state index contributed by atoms with van der Waals surface area (Å²) < 4.78 is 1.15. The van der Waals surface area contributed by atoms with Crippen LogP contribution < -0.4 is 0 Å². The lowest BCUT2D eigenvalue weighted by atomic mass is 10.0. The first-order valence-electron chi connectivity index (χ1n) is 5.81. The highest BCUT2D eigenvalue weighted by Crippen LogP contribution is 2.30. The van der Waals surface area contributed by atoms with E-state index in [0.29, 0.717) is 0 Å². The van der Waals surface area contributed by atoms with Gasteiger partial charge in [-0.15, -0.1) is 0 Å². The molecule has 3 nitrogen and oxygen atoms in total. The Hall–Kier alpha value is -2.55. The molecule has 2 aromatic heterocycles. The van der Waals surface area contributed by atoms with Crippen molar-refractivity contribution in [2.45, 2.75) is 0 Å². The van der Waals surface area contributed by atoms with E-state index in [1.165, 1.54) is 5.39 Å². The summed E-state index contributed by atoms with van der Waals surface area (Å²) in [4.78, 5) is 4.48. The third-order valence-electron chi connectivity index (χ3n) is 3.40. The van der Waals surface area contributed by atoms with E-state index < -0.39 is 0 Å². The summed E-state index contributed by atoms with van der Waals surface area (Å²) in [6.07, 6.45) is 3.55. The number of hydrogen-bond donors (Lipinski definition) is 1. The fourth-order valence-electron chi connectivity index (χ4n) is 2.56. The molecule has 18 heavy (non-hydrogen) atoms. The van der Waals surface area contributed by atoms with Gasteiger partial charge in [-0.05, 0) is 23.6 Å². The quantitative estimate of drug-likeness (QED) is 0.373. The van der Waals surface area contributed by atoms with Gasteiger partial charge in [0.15, 0.2) is 0 Å². The summed E-state index contributed by atoms with van der Waals surface area (Å²) in [5.41, 5.74) is 1.76. The van der Waals surface area contributed by atoms with Crippen LogP contribution in [0.25, 0.3) is 32.6 Å².